The van der Waals surface area contributed by atoms with E-state index in [1.165, 1.54) is 19.4 Å². The number of carbonyl (C=O) groups excluding carboxylic acids is 1. The van der Waals surface area contributed by atoms with E-state index in [9.17, 15) is 14.9 Å². The Hall–Kier alpha value is -2.74. The van der Waals surface area contributed by atoms with Gasteiger partial charge in [0.15, 0.2) is 12.2 Å². The lowest BCUT2D eigenvalue weighted by Crippen LogP contribution is -2.46. The minimum absolute atomic E-state index is 0.0199. The van der Waals surface area contributed by atoms with Crippen molar-refractivity contribution in [2.24, 2.45) is 0 Å². The van der Waals surface area contributed by atoms with Crippen molar-refractivity contribution >= 4 is 17.2 Å². The number of anilines is 1. The third-order valence-electron chi connectivity index (χ3n) is 4.51. The molecular weight excluding hydrogens is 324 g/mol. The second-order valence-corrected chi connectivity index (χ2v) is 6.14. The lowest BCUT2D eigenvalue weighted by atomic mass is 10.1. The molecule has 1 aliphatic rings. The van der Waals surface area contributed by atoms with Crippen LogP contribution in [0.5, 0.6) is 0 Å². The quantitative estimate of drug-likeness (QED) is 0.467. The summed E-state index contributed by atoms with van der Waals surface area (Å²) >= 11 is 0. The Morgan fingerprint density at radius 2 is 2.04 bits per heavy atom. The predicted molar refractivity (Wildman–Crippen MR) is 91.8 cm³/mol. The van der Waals surface area contributed by atoms with Crippen LogP contribution in [0.3, 0.4) is 0 Å². The van der Waals surface area contributed by atoms with Crippen molar-refractivity contribution in [2.75, 3.05) is 31.1 Å². The summed E-state index contributed by atoms with van der Waals surface area (Å²) in [6.45, 7) is 6.91. The Labute approximate surface area is 145 Å². The summed E-state index contributed by atoms with van der Waals surface area (Å²) in [5, 5.41) is 11.4. The lowest BCUT2D eigenvalue weighted by Gasteiger charge is -2.35. The SMILES string of the molecule is CC(=O)c1ccc(N2CCN(Cc3ncoc3C)CC2)c([N+](=O)[O-])c1. The summed E-state index contributed by atoms with van der Waals surface area (Å²) in [7, 11) is 0. The summed E-state index contributed by atoms with van der Waals surface area (Å²) in [4.78, 5) is 30.9. The molecule has 8 heteroatoms. The minimum Gasteiger partial charge on any atom is -0.448 e. The molecule has 2 aromatic rings. The number of nitrogens with zero attached hydrogens (tertiary/aromatic N) is 4. The molecule has 1 aliphatic heterocycles. The van der Waals surface area contributed by atoms with E-state index in [1.54, 1.807) is 12.1 Å². The van der Waals surface area contributed by atoms with E-state index in [0.717, 1.165) is 24.5 Å². The monoisotopic (exact) mass is 344 g/mol. The zero-order valence-electron chi connectivity index (χ0n) is 14.3. The molecule has 132 valence electrons. The second-order valence-electron chi connectivity index (χ2n) is 6.14. The molecular formula is C17H20N4O4. The fourth-order valence-corrected chi connectivity index (χ4v) is 2.99. The highest BCUT2D eigenvalue weighted by Gasteiger charge is 2.25. The van der Waals surface area contributed by atoms with Gasteiger partial charge in [0.25, 0.3) is 5.69 Å². The fraction of sp³-hybridized carbons (Fsp3) is 0.412. The third kappa shape index (κ3) is 3.69. The molecule has 0 aliphatic carbocycles. The van der Waals surface area contributed by atoms with Gasteiger partial charge in [0.1, 0.15) is 11.4 Å². The first-order chi connectivity index (χ1) is 12.0. The lowest BCUT2D eigenvalue weighted by molar-refractivity contribution is -0.384. The molecule has 0 bridgehead atoms. The highest BCUT2D eigenvalue weighted by Crippen LogP contribution is 2.30. The summed E-state index contributed by atoms with van der Waals surface area (Å²) in [5.74, 6) is 0.639. The first-order valence-electron chi connectivity index (χ1n) is 8.11. The van der Waals surface area contributed by atoms with Crippen LogP contribution in [-0.2, 0) is 6.54 Å². The Kier molecular flexibility index (Phi) is 4.80. The van der Waals surface area contributed by atoms with Crippen LogP contribution in [0.25, 0.3) is 0 Å². The van der Waals surface area contributed by atoms with Crippen LogP contribution in [0.1, 0.15) is 28.7 Å². The molecule has 0 spiro atoms. The number of piperazine rings is 1. The molecule has 0 atom stereocenters. The summed E-state index contributed by atoms with van der Waals surface area (Å²) < 4.78 is 5.22. The van der Waals surface area contributed by atoms with Crippen LogP contribution in [0.4, 0.5) is 11.4 Å². The number of carbonyl (C=O) groups is 1. The van der Waals surface area contributed by atoms with Gasteiger partial charge in [-0.25, -0.2) is 4.98 Å². The van der Waals surface area contributed by atoms with Gasteiger partial charge in [-0.1, -0.05) is 0 Å². The third-order valence-corrected chi connectivity index (χ3v) is 4.51. The summed E-state index contributed by atoms with van der Waals surface area (Å²) in [6, 6.07) is 4.69. The van der Waals surface area contributed by atoms with Crippen LogP contribution in [-0.4, -0.2) is 46.8 Å². The van der Waals surface area contributed by atoms with Crippen molar-refractivity contribution in [1.29, 1.82) is 0 Å². The number of Topliss-reactive ketones (excluding diaryl/α,β-unsaturated/α-hetero) is 1. The normalized spacial score (nSPS) is 15.4. The smallest absolute Gasteiger partial charge is 0.293 e. The van der Waals surface area contributed by atoms with Crippen molar-refractivity contribution in [2.45, 2.75) is 20.4 Å². The molecule has 1 fully saturated rings. The minimum atomic E-state index is -0.424. The van der Waals surface area contributed by atoms with Crippen LogP contribution >= 0.6 is 0 Å². The number of hydrogen-bond acceptors (Lipinski definition) is 7. The number of aromatic nitrogens is 1. The largest absolute Gasteiger partial charge is 0.448 e. The standard InChI is InChI=1S/C17H20N4O4/c1-12(22)14-3-4-16(17(9-14)21(23)24)20-7-5-19(6-8-20)10-15-13(2)25-11-18-15/h3-4,9,11H,5-8,10H2,1-2H3. The zero-order chi connectivity index (χ0) is 18.0. The molecule has 0 unspecified atom stereocenters. The second kappa shape index (κ2) is 7.02. The number of ketones is 1. The van der Waals surface area contributed by atoms with Gasteiger partial charge in [-0.15, -0.1) is 0 Å². The highest BCUT2D eigenvalue weighted by molar-refractivity contribution is 5.95. The van der Waals surface area contributed by atoms with E-state index in [-0.39, 0.29) is 11.5 Å². The van der Waals surface area contributed by atoms with Crippen LogP contribution < -0.4 is 4.90 Å². The zero-order valence-corrected chi connectivity index (χ0v) is 14.3. The molecule has 0 radical (unpaired) electrons. The van der Waals surface area contributed by atoms with Gasteiger partial charge in [0, 0.05) is 44.4 Å². The van der Waals surface area contributed by atoms with E-state index in [4.69, 9.17) is 4.42 Å². The van der Waals surface area contributed by atoms with Crippen molar-refractivity contribution in [1.82, 2.24) is 9.88 Å². The fourth-order valence-electron chi connectivity index (χ4n) is 2.99. The van der Waals surface area contributed by atoms with Crippen LogP contribution in [0.2, 0.25) is 0 Å². The predicted octanol–water partition coefficient (Wildman–Crippen LogP) is 2.42. The summed E-state index contributed by atoms with van der Waals surface area (Å²) in [5.41, 5.74) is 1.82. The van der Waals surface area contributed by atoms with Gasteiger partial charge >= 0.3 is 0 Å². The average molecular weight is 344 g/mol. The first-order valence-corrected chi connectivity index (χ1v) is 8.11. The van der Waals surface area contributed by atoms with E-state index in [0.29, 0.717) is 30.9 Å². The number of nitro groups is 1. The van der Waals surface area contributed by atoms with Gasteiger partial charge < -0.3 is 9.32 Å². The number of hydrogen-bond donors (Lipinski definition) is 0. The molecule has 0 saturated carbocycles. The number of benzene rings is 1. The number of rotatable bonds is 5. The topological polar surface area (TPSA) is 92.7 Å². The van der Waals surface area contributed by atoms with Gasteiger partial charge in [-0.3, -0.25) is 19.8 Å². The Balaban J connectivity index is 1.71. The van der Waals surface area contributed by atoms with Gasteiger partial charge in [-0.05, 0) is 26.0 Å². The summed E-state index contributed by atoms with van der Waals surface area (Å²) in [6.07, 6.45) is 1.45. The van der Waals surface area contributed by atoms with E-state index < -0.39 is 4.92 Å². The Morgan fingerprint density at radius 3 is 2.60 bits per heavy atom. The van der Waals surface area contributed by atoms with Crippen molar-refractivity contribution < 1.29 is 14.1 Å². The Bertz CT molecular complexity index is 794. The van der Waals surface area contributed by atoms with Gasteiger partial charge in [-0.2, -0.15) is 0 Å². The first kappa shape index (κ1) is 17.1. The maximum atomic E-state index is 11.5. The molecule has 8 nitrogen and oxygen atoms in total. The molecule has 1 saturated heterocycles. The van der Waals surface area contributed by atoms with Crippen molar-refractivity contribution in [3.05, 3.63) is 51.7 Å². The molecule has 25 heavy (non-hydrogen) atoms. The van der Waals surface area contributed by atoms with E-state index in [2.05, 4.69) is 9.88 Å². The highest BCUT2D eigenvalue weighted by atomic mass is 16.6. The van der Waals surface area contributed by atoms with E-state index >= 15 is 0 Å². The van der Waals surface area contributed by atoms with E-state index in [1.807, 2.05) is 11.8 Å². The van der Waals surface area contributed by atoms with Crippen LogP contribution in [0.15, 0.2) is 29.0 Å². The molecule has 0 amide bonds. The number of oxazole rings is 1. The maximum Gasteiger partial charge on any atom is 0.293 e. The maximum absolute atomic E-state index is 11.5. The van der Waals surface area contributed by atoms with Crippen LogP contribution in [0, 0.1) is 17.0 Å². The molecule has 1 aromatic carbocycles. The molecule has 2 heterocycles. The molecule has 3 rings (SSSR count). The Morgan fingerprint density at radius 1 is 1.32 bits per heavy atom. The van der Waals surface area contributed by atoms with Gasteiger partial charge in [0.2, 0.25) is 0 Å². The number of aryl methyl sites for hydroxylation is 1. The van der Waals surface area contributed by atoms with Gasteiger partial charge in [0.05, 0.1) is 10.6 Å². The molecule has 0 N–H and O–H groups in total. The number of nitro benzene ring substituents is 1. The molecule has 1 aromatic heterocycles. The average Bonchev–Trinajstić information content (AvgIpc) is 3.00. The van der Waals surface area contributed by atoms with Crippen molar-refractivity contribution in [3.63, 3.8) is 0 Å². The van der Waals surface area contributed by atoms with Crippen molar-refractivity contribution in [3.8, 4) is 0 Å².